The molecule has 0 heterocycles. The van der Waals surface area contributed by atoms with E-state index in [9.17, 15) is 21.6 Å². The van der Waals surface area contributed by atoms with Crippen molar-refractivity contribution >= 4 is 37.1 Å². The van der Waals surface area contributed by atoms with Crippen LogP contribution in [0.2, 0.25) is 0 Å². The molecule has 1 amide bonds. The molecule has 0 aliphatic rings. The number of amides is 1. The Labute approximate surface area is 153 Å². The second-order valence-corrected chi connectivity index (χ2v) is 9.73. The molecule has 0 radical (unpaired) electrons. The lowest BCUT2D eigenvalue weighted by Crippen LogP contribution is -2.45. The van der Waals surface area contributed by atoms with Crippen molar-refractivity contribution in [1.29, 1.82) is 0 Å². The maximum absolute atomic E-state index is 12.5. The van der Waals surface area contributed by atoms with Gasteiger partial charge in [-0.05, 0) is 43.3 Å². The van der Waals surface area contributed by atoms with Gasteiger partial charge in [0.05, 0.1) is 16.8 Å². The number of hydrogen-bond donors (Lipinski definition) is 1. The van der Waals surface area contributed by atoms with Gasteiger partial charge in [0, 0.05) is 11.9 Å². The summed E-state index contributed by atoms with van der Waals surface area (Å²) in [5.74, 6) is -0.536. The molecule has 1 N–H and O–H groups in total. The number of sulfonamides is 1. The van der Waals surface area contributed by atoms with Crippen LogP contribution < -0.4 is 9.62 Å². The summed E-state index contributed by atoms with van der Waals surface area (Å²) in [4.78, 5) is 12.7. The van der Waals surface area contributed by atoms with Gasteiger partial charge in [-0.2, -0.15) is 0 Å². The predicted octanol–water partition coefficient (Wildman–Crippen LogP) is 1.88. The Balaban J connectivity index is 2.24. The van der Waals surface area contributed by atoms with Crippen molar-refractivity contribution in [2.45, 2.75) is 17.9 Å². The van der Waals surface area contributed by atoms with Crippen LogP contribution in [0.15, 0.2) is 59.5 Å². The molecule has 0 saturated heterocycles. The summed E-state index contributed by atoms with van der Waals surface area (Å²) >= 11 is 0. The van der Waals surface area contributed by atoms with Gasteiger partial charge in [0.15, 0.2) is 9.84 Å². The third-order valence-corrected chi connectivity index (χ3v) is 6.02. The van der Waals surface area contributed by atoms with Gasteiger partial charge in [0.25, 0.3) is 0 Å². The second kappa shape index (κ2) is 7.46. The summed E-state index contributed by atoms with van der Waals surface area (Å²) in [6, 6.07) is 13.0. The standard InChI is InChI=1S/C17H20N2O5S2/c1-13(19(26(3,23)24)15-7-5-4-6-8-15)17(20)18-14-9-11-16(12-10-14)25(2,21)22/h4-13H,1-3H3,(H,18,20)/t13-/m0/s1. The summed E-state index contributed by atoms with van der Waals surface area (Å²) in [5, 5.41) is 2.60. The van der Waals surface area contributed by atoms with E-state index in [0.717, 1.165) is 16.8 Å². The van der Waals surface area contributed by atoms with Gasteiger partial charge >= 0.3 is 0 Å². The van der Waals surface area contributed by atoms with Crippen LogP contribution in [0.5, 0.6) is 0 Å². The van der Waals surface area contributed by atoms with E-state index in [4.69, 9.17) is 0 Å². The lowest BCUT2D eigenvalue weighted by atomic mass is 10.2. The van der Waals surface area contributed by atoms with E-state index in [1.165, 1.54) is 31.2 Å². The van der Waals surface area contributed by atoms with Crippen LogP contribution >= 0.6 is 0 Å². The van der Waals surface area contributed by atoms with Gasteiger partial charge in [-0.1, -0.05) is 18.2 Å². The number of nitrogens with one attached hydrogen (secondary N) is 1. The molecule has 0 fully saturated rings. The van der Waals surface area contributed by atoms with E-state index in [0.29, 0.717) is 11.4 Å². The molecule has 2 aromatic rings. The minimum absolute atomic E-state index is 0.130. The highest BCUT2D eigenvalue weighted by Crippen LogP contribution is 2.21. The minimum Gasteiger partial charge on any atom is -0.324 e. The summed E-state index contributed by atoms with van der Waals surface area (Å²) in [6.07, 6.45) is 2.12. The van der Waals surface area contributed by atoms with Crippen LogP contribution in [0, 0.1) is 0 Å². The Hall–Kier alpha value is -2.39. The van der Waals surface area contributed by atoms with Crippen LogP contribution in [0.1, 0.15) is 6.92 Å². The van der Waals surface area contributed by atoms with Crippen molar-refractivity contribution in [3.8, 4) is 0 Å². The van der Waals surface area contributed by atoms with Gasteiger partial charge in [-0.3, -0.25) is 9.10 Å². The van der Waals surface area contributed by atoms with Crippen molar-refractivity contribution in [2.75, 3.05) is 22.1 Å². The smallest absolute Gasteiger partial charge is 0.247 e. The van der Waals surface area contributed by atoms with E-state index in [2.05, 4.69) is 5.32 Å². The number of nitrogens with zero attached hydrogens (tertiary/aromatic N) is 1. The minimum atomic E-state index is -3.69. The lowest BCUT2D eigenvalue weighted by Gasteiger charge is -2.28. The molecule has 26 heavy (non-hydrogen) atoms. The van der Waals surface area contributed by atoms with Gasteiger partial charge in [-0.15, -0.1) is 0 Å². The predicted molar refractivity (Wildman–Crippen MR) is 101 cm³/mol. The van der Waals surface area contributed by atoms with E-state index in [1.54, 1.807) is 30.3 Å². The molecule has 7 nitrogen and oxygen atoms in total. The molecule has 0 aliphatic heterocycles. The Kier molecular flexibility index (Phi) is 5.72. The van der Waals surface area contributed by atoms with Crippen LogP contribution in [0.3, 0.4) is 0 Å². The molecule has 140 valence electrons. The number of hydrogen-bond acceptors (Lipinski definition) is 5. The second-order valence-electron chi connectivity index (χ2n) is 5.86. The van der Waals surface area contributed by atoms with Crippen LogP contribution in [-0.4, -0.2) is 41.3 Å². The molecular formula is C17H20N2O5S2. The number of para-hydroxylation sites is 1. The van der Waals surface area contributed by atoms with Crippen LogP contribution in [0.25, 0.3) is 0 Å². The summed E-state index contributed by atoms with van der Waals surface area (Å²) < 4.78 is 48.3. The maximum atomic E-state index is 12.5. The number of anilines is 2. The van der Waals surface area contributed by atoms with E-state index < -0.39 is 31.8 Å². The Bertz CT molecular complexity index is 985. The molecule has 0 unspecified atom stereocenters. The van der Waals surface area contributed by atoms with Gasteiger partial charge in [-0.25, -0.2) is 16.8 Å². The first-order valence-corrected chi connectivity index (χ1v) is 11.4. The number of carbonyl (C=O) groups is 1. The molecule has 0 spiro atoms. The fourth-order valence-corrected chi connectivity index (χ4v) is 4.22. The lowest BCUT2D eigenvalue weighted by molar-refractivity contribution is -0.116. The molecule has 2 rings (SSSR count). The van der Waals surface area contributed by atoms with Crippen molar-refractivity contribution in [3.63, 3.8) is 0 Å². The fraction of sp³-hybridized carbons (Fsp3) is 0.235. The van der Waals surface area contributed by atoms with E-state index >= 15 is 0 Å². The Morgan fingerprint density at radius 2 is 1.46 bits per heavy atom. The first kappa shape index (κ1) is 19.9. The zero-order chi connectivity index (χ0) is 19.5. The molecule has 9 heteroatoms. The SMILES string of the molecule is C[C@@H](C(=O)Nc1ccc(S(C)(=O)=O)cc1)N(c1ccccc1)S(C)(=O)=O. The third kappa shape index (κ3) is 4.83. The average molecular weight is 396 g/mol. The number of carbonyl (C=O) groups excluding carboxylic acids is 1. The normalized spacial score (nSPS) is 13.0. The fourth-order valence-electron chi connectivity index (χ4n) is 2.42. The molecule has 0 saturated carbocycles. The van der Waals surface area contributed by atoms with E-state index in [-0.39, 0.29) is 4.90 Å². The van der Waals surface area contributed by atoms with Crippen molar-refractivity contribution in [1.82, 2.24) is 0 Å². The Morgan fingerprint density at radius 3 is 1.92 bits per heavy atom. The molecule has 0 aliphatic carbocycles. The summed E-state index contributed by atoms with van der Waals surface area (Å²) in [6.45, 7) is 1.48. The quantitative estimate of drug-likeness (QED) is 0.803. The number of sulfone groups is 1. The van der Waals surface area contributed by atoms with Crippen molar-refractivity contribution in [2.24, 2.45) is 0 Å². The zero-order valence-electron chi connectivity index (χ0n) is 14.6. The van der Waals surface area contributed by atoms with E-state index in [1.807, 2.05) is 0 Å². The topological polar surface area (TPSA) is 101 Å². The Morgan fingerprint density at radius 1 is 0.923 bits per heavy atom. The highest BCUT2D eigenvalue weighted by Gasteiger charge is 2.29. The highest BCUT2D eigenvalue weighted by atomic mass is 32.2. The van der Waals surface area contributed by atoms with Gasteiger partial charge in [0.2, 0.25) is 15.9 Å². The number of benzene rings is 2. The molecule has 0 aromatic heterocycles. The van der Waals surface area contributed by atoms with Crippen LogP contribution in [0.4, 0.5) is 11.4 Å². The maximum Gasteiger partial charge on any atom is 0.247 e. The monoisotopic (exact) mass is 396 g/mol. The third-order valence-electron chi connectivity index (χ3n) is 3.65. The largest absolute Gasteiger partial charge is 0.324 e. The summed E-state index contributed by atoms with van der Waals surface area (Å²) in [7, 11) is -7.02. The first-order valence-electron chi connectivity index (χ1n) is 7.65. The van der Waals surface area contributed by atoms with Gasteiger partial charge < -0.3 is 5.32 Å². The molecule has 1 atom stereocenters. The molecule has 2 aromatic carbocycles. The van der Waals surface area contributed by atoms with Crippen molar-refractivity contribution in [3.05, 3.63) is 54.6 Å². The first-order chi connectivity index (χ1) is 12.0. The molecular weight excluding hydrogens is 376 g/mol. The van der Waals surface area contributed by atoms with Gasteiger partial charge in [0.1, 0.15) is 6.04 Å². The summed E-state index contributed by atoms with van der Waals surface area (Å²) in [5.41, 5.74) is 0.751. The zero-order valence-corrected chi connectivity index (χ0v) is 16.2. The highest BCUT2D eigenvalue weighted by molar-refractivity contribution is 7.92. The number of rotatable bonds is 6. The molecule has 0 bridgehead atoms. The average Bonchev–Trinajstić information content (AvgIpc) is 2.54. The van der Waals surface area contributed by atoms with Crippen molar-refractivity contribution < 1.29 is 21.6 Å². The van der Waals surface area contributed by atoms with Crippen LogP contribution in [-0.2, 0) is 24.7 Å².